The molecule has 3 aliphatic rings. The zero-order valence-electron chi connectivity index (χ0n) is 17.5. The number of amides is 2. The van der Waals surface area contributed by atoms with E-state index in [4.69, 9.17) is 5.73 Å². The van der Waals surface area contributed by atoms with Gasteiger partial charge in [-0.3, -0.25) is 14.5 Å². The summed E-state index contributed by atoms with van der Waals surface area (Å²) < 4.78 is 0. The Morgan fingerprint density at radius 2 is 1.90 bits per heavy atom. The molecule has 2 amide bonds. The Bertz CT molecular complexity index is 744. The van der Waals surface area contributed by atoms with Gasteiger partial charge in [0.05, 0.1) is 0 Å². The number of rotatable bonds is 8. The van der Waals surface area contributed by atoms with Crippen molar-refractivity contribution in [3.8, 4) is 0 Å². The Balaban J connectivity index is 1.50. The molecule has 4 rings (SSSR count). The Hall–Kier alpha value is -1.92. The molecule has 1 aliphatic heterocycles. The van der Waals surface area contributed by atoms with Crippen molar-refractivity contribution in [3.05, 3.63) is 35.4 Å². The van der Waals surface area contributed by atoms with Crippen LogP contribution < -0.4 is 11.1 Å². The molecule has 2 atom stereocenters. The maximum absolute atomic E-state index is 12.9. The largest absolute Gasteiger partial charge is 0.353 e. The molecule has 1 heterocycles. The second-order valence-electron chi connectivity index (χ2n) is 8.91. The fourth-order valence-corrected chi connectivity index (χ4v) is 4.59. The predicted molar refractivity (Wildman–Crippen MR) is 113 cm³/mol. The minimum Gasteiger partial charge on any atom is -0.353 e. The van der Waals surface area contributed by atoms with E-state index < -0.39 is 0 Å². The van der Waals surface area contributed by atoms with Crippen molar-refractivity contribution in [2.75, 3.05) is 19.6 Å². The monoisotopic (exact) mass is 398 g/mol. The molecule has 29 heavy (non-hydrogen) atoms. The highest BCUT2D eigenvalue weighted by Gasteiger charge is 2.44. The molecule has 3 fully saturated rings. The number of nitrogens with two attached hydrogens (primary N) is 1. The number of benzene rings is 1. The lowest BCUT2D eigenvalue weighted by molar-refractivity contribution is -0.144. The van der Waals surface area contributed by atoms with Gasteiger partial charge in [0.2, 0.25) is 11.8 Å². The van der Waals surface area contributed by atoms with Crippen LogP contribution in [0.4, 0.5) is 0 Å². The van der Waals surface area contributed by atoms with Gasteiger partial charge in [0, 0.05) is 44.2 Å². The number of carbonyl (C=O) groups excluding carboxylic acids is 2. The average Bonchev–Trinajstić information content (AvgIpc) is 3.63. The zero-order valence-corrected chi connectivity index (χ0v) is 17.5. The minimum atomic E-state index is -0.369. The highest BCUT2D eigenvalue weighted by atomic mass is 16.2. The fraction of sp³-hybridized carbons (Fsp3) is 0.652. The third-order valence-corrected chi connectivity index (χ3v) is 6.63. The lowest BCUT2D eigenvalue weighted by atomic mass is 9.93. The number of nitrogens with one attached hydrogen (secondary N) is 1. The summed E-state index contributed by atoms with van der Waals surface area (Å²) in [5.74, 6) is 0.275. The molecule has 2 aliphatic carbocycles. The van der Waals surface area contributed by atoms with Crippen molar-refractivity contribution in [3.63, 3.8) is 0 Å². The van der Waals surface area contributed by atoms with Gasteiger partial charge in [0.15, 0.2) is 0 Å². The Labute approximate surface area is 173 Å². The molecular weight excluding hydrogens is 364 g/mol. The van der Waals surface area contributed by atoms with Crippen molar-refractivity contribution in [1.29, 1.82) is 0 Å². The molecule has 6 nitrogen and oxygen atoms in total. The smallest absolute Gasteiger partial charge is 0.242 e. The molecule has 0 radical (unpaired) electrons. The van der Waals surface area contributed by atoms with Gasteiger partial charge in [-0.15, -0.1) is 0 Å². The zero-order chi connectivity index (χ0) is 20.4. The summed E-state index contributed by atoms with van der Waals surface area (Å²) in [6, 6.07) is 9.14. The normalized spacial score (nSPS) is 24.6. The van der Waals surface area contributed by atoms with Crippen LogP contribution in [0.2, 0.25) is 0 Å². The van der Waals surface area contributed by atoms with Crippen LogP contribution in [0.5, 0.6) is 0 Å². The van der Waals surface area contributed by atoms with E-state index in [-0.39, 0.29) is 23.8 Å². The third kappa shape index (κ3) is 4.81. The minimum absolute atomic E-state index is 0.0409. The van der Waals surface area contributed by atoms with Crippen LogP contribution in [0.3, 0.4) is 0 Å². The maximum Gasteiger partial charge on any atom is 0.242 e. The van der Waals surface area contributed by atoms with Gasteiger partial charge in [-0.2, -0.15) is 0 Å². The summed E-state index contributed by atoms with van der Waals surface area (Å²) in [7, 11) is 0. The summed E-state index contributed by atoms with van der Waals surface area (Å²) in [6.45, 7) is 4.65. The van der Waals surface area contributed by atoms with Gasteiger partial charge in [0.25, 0.3) is 0 Å². The number of nitrogens with zero attached hydrogens (tertiary/aromatic N) is 2. The molecule has 0 aromatic heterocycles. The van der Waals surface area contributed by atoms with E-state index in [0.29, 0.717) is 31.7 Å². The van der Waals surface area contributed by atoms with Gasteiger partial charge in [-0.25, -0.2) is 0 Å². The molecule has 1 saturated heterocycles. The molecule has 0 bridgehead atoms. The number of hydrogen-bond donors (Lipinski definition) is 2. The molecule has 1 aromatic carbocycles. The van der Waals surface area contributed by atoms with Gasteiger partial charge in [-0.05, 0) is 56.6 Å². The number of piperidine rings is 1. The first kappa shape index (κ1) is 20.4. The average molecular weight is 399 g/mol. The van der Waals surface area contributed by atoms with Gasteiger partial charge < -0.3 is 16.0 Å². The van der Waals surface area contributed by atoms with E-state index in [0.717, 1.165) is 32.2 Å². The van der Waals surface area contributed by atoms with E-state index in [1.54, 1.807) is 0 Å². The second kappa shape index (κ2) is 8.84. The van der Waals surface area contributed by atoms with Crippen LogP contribution in [-0.4, -0.2) is 59.4 Å². The lowest BCUT2D eigenvalue weighted by Gasteiger charge is -2.43. The van der Waals surface area contributed by atoms with Crippen molar-refractivity contribution < 1.29 is 9.59 Å². The van der Waals surface area contributed by atoms with Crippen LogP contribution >= 0.6 is 0 Å². The fourth-order valence-electron chi connectivity index (χ4n) is 4.59. The number of carbonyl (C=O) groups is 2. The summed E-state index contributed by atoms with van der Waals surface area (Å²) in [4.78, 5) is 30.2. The molecule has 158 valence electrons. The second-order valence-corrected chi connectivity index (χ2v) is 8.91. The summed E-state index contributed by atoms with van der Waals surface area (Å²) in [5.41, 5.74) is 8.26. The summed E-state index contributed by atoms with van der Waals surface area (Å²) in [6.07, 6.45) is 6.07. The summed E-state index contributed by atoms with van der Waals surface area (Å²) >= 11 is 0. The first-order chi connectivity index (χ1) is 14.1. The van der Waals surface area contributed by atoms with E-state index in [9.17, 15) is 9.59 Å². The molecule has 6 heteroatoms. The van der Waals surface area contributed by atoms with Crippen LogP contribution in [0.25, 0.3) is 0 Å². The lowest BCUT2D eigenvalue weighted by Crippen LogP contribution is -2.58. The molecule has 2 saturated carbocycles. The quantitative estimate of drug-likeness (QED) is 0.700. The van der Waals surface area contributed by atoms with E-state index in [2.05, 4.69) is 41.4 Å². The summed E-state index contributed by atoms with van der Waals surface area (Å²) in [5, 5.41) is 2.93. The SMILES string of the molecule is Cc1ccccc1CN(C1CC1)C1CCN(C(=O)C2CC2)[C@@H](C(=O)NCCN)C1. The van der Waals surface area contributed by atoms with Gasteiger partial charge in [-0.1, -0.05) is 24.3 Å². The molecular formula is C23H34N4O2. The van der Waals surface area contributed by atoms with E-state index >= 15 is 0 Å². The van der Waals surface area contributed by atoms with Gasteiger partial charge in [0.1, 0.15) is 6.04 Å². The van der Waals surface area contributed by atoms with Gasteiger partial charge >= 0.3 is 0 Å². The van der Waals surface area contributed by atoms with Crippen LogP contribution in [-0.2, 0) is 16.1 Å². The highest BCUT2D eigenvalue weighted by molar-refractivity contribution is 5.89. The molecule has 0 spiro atoms. The van der Waals surface area contributed by atoms with Crippen molar-refractivity contribution in [2.45, 2.75) is 70.1 Å². The Kier molecular flexibility index (Phi) is 6.20. The first-order valence-corrected chi connectivity index (χ1v) is 11.2. The maximum atomic E-state index is 12.9. The van der Waals surface area contributed by atoms with Crippen LogP contribution in [0, 0.1) is 12.8 Å². The van der Waals surface area contributed by atoms with Crippen molar-refractivity contribution >= 4 is 11.8 Å². The van der Waals surface area contributed by atoms with Crippen LogP contribution in [0.1, 0.15) is 49.7 Å². The standard InChI is InChI=1S/C23H34N4O2/c1-16-4-2-3-5-18(16)15-27(19-8-9-19)20-10-13-26(23(29)17-6-7-17)21(14-20)22(28)25-12-11-24/h2-5,17,19-21H,6-15,24H2,1H3,(H,25,28)/t20?,21-/m1/s1. The predicted octanol–water partition coefficient (Wildman–Crippen LogP) is 1.80. The number of aryl methyl sites for hydroxylation is 1. The Morgan fingerprint density at radius 3 is 2.55 bits per heavy atom. The topological polar surface area (TPSA) is 78.7 Å². The van der Waals surface area contributed by atoms with E-state index in [1.807, 2.05) is 4.90 Å². The third-order valence-electron chi connectivity index (χ3n) is 6.63. The highest BCUT2D eigenvalue weighted by Crippen LogP contribution is 2.37. The van der Waals surface area contributed by atoms with Crippen molar-refractivity contribution in [1.82, 2.24) is 15.1 Å². The first-order valence-electron chi connectivity index (χ1n) is 11.2. The molecule has 1 aromatic rings. The number of hydrogen-bond acceptors (Lipinski definition) is 4. The van der Waals surface area contributed by atoms with E-state index in [1.165, 1.54) is 24.0 Å². The molecule has 3 N–H and O–H groups in total. The molecule has 1 unspecified atom stereocenters. The Morgan fingerprint density at radius 1 is 1.14 bits per heavy atom. The van der Waals surface area contributed by atoms with Crippen molar-refractivity contribution in [2.24, 2.45) is 11.7 Å². The van der Waals surface area contributed by atoms with Crippen LogP contribution in [0.15, 0.2) is 24.3 Å². The number of likely N-dealkylation sites (tertiary alicyclic amines) is 1.